The highest BCUT2D eigenvalue weighted by atomic mass is 16.6. The highest BCUT2D eigenvalue weighted by Crippen LogP contribution is 2.24. The first kappa shape index (κ1) is 25.7. The Hall–Kier alpha value is -3.88. The number of esters is 1. The molecule has 1 aromatic carbocycles. The second-order valence-corrected chi connectivity index (χ2v) is 10.1. The Bertz CT molecular complexity index is 1230. The van der Waals surface area contributed by atoms with Crippen molar-refractivity contribution in [1.29, 1.82) is 0 Å². The molecule has 0 unspecified atom stereocenters. The molecule has 9 heteroatoms. The second kappa shape index (κ2) is 10.2. The zero-order valence-corrected chi connectivity index (χ0v) is 21.0. The van der Waals surface area contributed by atoms with Crippen molar-refractivity contribution in [3.63, 3.8) is 0 Å². The lowest BCUT2D eigenvalue weighted by molar-refractivity contribution is -0.154. The summed E-state index contributed by atoms with van der Waals surface area (Å²) in [5.74, 6) is -0.668. The van der Waals surface area contributed by atoms with Gasteiger partial charge in [0.15, 0.2) is 5.65 Å². The SMILES string of the molecule is CC(C)(C)OC(=O)CCNC(=O)c1cccc(-c2cn3cccc(NC(=O)OC(C)(C)C)c3n2)c1. The standard InChI is InChI=1S/C26H32N4O5/c1-25(2,3)34-21(31)12-13-27-23(32)18-10-7-9-17(15-18)20-16-30-14-8-11-19(22(30)28-20)29-24(33)35-26(4,5)6/h7-11,14-16H,12-13H2,1-6H3,(H,27,32)(H,29,33). The molecule has 0 aliphatic rings. The van der Waals surface area contributed by atoms with Gasteiger partial charge in [-0.25, -0.2) is 9.78 Å². The van der Waals surface area contributed by atoms with E-state index in [1.807, 2.05) is 18.5 Å². The van der Waals surface area contributed by atoms with Crippen molar-refractivity contribution in [2.24, 2.45) is 0 Å². The molecule has 3 aromatic rings. The van der Waals surface area contributed by atoms with E-state index in [0.717, 1.165) is 5.56 Å². The van der Waals surface area contributed by atoms with Crippen LogP contribution >= 0.6 is 0 Å². The number of nitrogens with zero attached hydrogens (tertiary/aromatic N) is 2. The lowest BCUT2D eigenvalue weighted by Crippen LogP contribution is -2.29. The van der Waals surface area contributed by atoms with E-state index in [4.69, 9.17) is 9.47 Å². The van der Waals surface area contributed by atoms with Gasteiger partial charge in [-0.05, 0) is 65.8 Å². The summed E-state index contributed by atoms with van der Waals surface area (Å²) in [6.07, 6.45) is 3.15. The number of fused-ring (bicyclic) bond motifs is 1. The Morgan fingerprint density at radius 1 is 0.971 bits per heavy atom. The Balaban J connectivity index is 1.72. The molecule has 0 saturated heterocycles. The topological polar surface area (TPSA) is 111 Å². The summed E-state index contributed by atoms with van der Waals surface area (Å²) < 4.78 is 12.4. The third-order valence-corrected chi connectivity index (χ3v) is 4.57. The van der Waals surface area contributed by atoms with Gasteiger partial charge in [0.2, 0.25) is 0 Å². The molecule has 0 saturated carbocycles. The molecular weight excluding hydrogens is 448 g/mol. The van der Waals surface area contributed by atoms with Crippen LogP contribution in [0, 0.1) is 0 Å². The van der Waals surface area contributed by atoms with Crippen molar-refractivity contribution in [3.8, 4) is 11.3 Å². The minimum Gasteiger partial charge on any atom is -0.460 e. The summed E-state index contributed by atoms with van der Waals surface area (Å²) in [5.41, 5.74) is 1.67. The van der Waals surface area contributed by atoms with Crippen LogP contribution in [0.4, 0.5) is 10.5 Å². The first-order valence-electron chi connectivity index (χ1n) is 11.4. The van der Waals surface area contributed by atoms with Crippen LogP contribution in [-0.2, 0) is 14.3 Å². The first-order chi connectivity index (χ1) is 16.3. The summed E-state index contributed by atoms with van der Waals surface area (Å²) in [6.45, 7) is 10.9. The van der Waals surface area contributed by atoms with E-state index in [2.05, 4.69) is 15.6 Å². The molecule has 0 bridgehead atoms. The fourth-order valence-electron chi connectivity index (χ4n) is 3.26. The average molecular weight is 481 g/mol. The fraction of sp³-hybridized carbons (Fsp3) is 0.385. The van der Waals surface area contributed by atoms with Crippen LogP contribution < -0.4 is 10.6 Å². The highest BCUT2D eigenvalue weighted by molar-refractivity contribution is 5.95. The summed E-state index contributed by atoms with van der Waals surface area (Å²) in [6, 6.07) is 10.6. The molecule has 2 amide bonds. The molecule has 0 aliphatic heterocycles. The minimum atomic E-state index is -0.621. The molecule has 2 heterocycles. The number of rotatable bonds is 6. The molecule has 0 aliphatic carbocycles. The Morgan fingerprint density at radius 3 is 2.37 bits per heavy atom. The molecule has 2 aromatic heterocycles. The summed E-state index contributed by atoms with van der Waals surface area (Å²) in [4.78, 5) is 41.3. The number of aromatic nitrogens is 2. The van der Waals surface area contributed by atoms with E-state index in [0.29, 0.717) is 22.6 Å². The molecule has 35 heavy (non-hydrogen) atoms. The number of carbonyl (C=O) groups excluding carboxylic acids is 3. The van der Waals surface area contributed by atoms with Gasteiger partial charge in [-0.15, -0.1) is 0 Å². The molecule has 186 valence electrons. The maximum atomic E-state index is 12.6. The van der Waals surface area contributed by atoms with E-state index in [1.165, 1.54) is 0 Å². The lowest BCUT2D eigenvalue weighted by atomic mass is 10.1. The lowest BCUT2D eigenvalue weighted by Gasteiger charge is -2.19. The second-order valence-electron chi connectivity index (χ2n) is 10.1. The van der Waals surface area contributed by atoms with E-state index in [1.54, 1.807) is 76.3 Å². The molecule has 2 N–H and O–H groups in total. The van der Waals surface area contributed by atoms with Gasteiger partial charge >= 0.3 is 12.1 Å². The number of hydrogen-bond acceptors (Lipinski definition) is 6. The minimum absolute atomic E-state index is 0.0859. The monoisotopic (exact) mass is 480 g/mol. The van der Waals surface area contributed by atoms with Crippen molar-refractivity contribution in [1.82, 2.24) is 14.7 Å². The molecule has 0 spiro atoms. The van der Waals surface area contributed by atoms with Crippen molar-refractivity contribution in [2.45, 2.75) is 59.2 Å². The zero-order chi connectivity index (χ0) is 25.8. The summed E-state index contributed by atoms with van der Waals surface area (Å²) >= 11 is 0. The average Bonchev–Trinajstić information content (AvgIpc) is 3.16. The number of nitrogens with one attached hydrogen (secondary N) is 2. The maximum absolute atomic E-state index is 12.6. The first-order valence-corrected chi connectivity index (χ1v) is 11.4. The number of ether oxygens (including phenoxy) is 2. The molecule has 3 rings (SSSR count). The number of amides is 2. The van der Waals surface area contributed by atoms with Crippen LogP contribution in [0.25, 0.3) is 16.9 Å². The fourth-order valence-corrected chi connectivity index (χ4v) is 3.26. The quantitative estimate of drug-likeness (QED) is 0.490. The Morgan fingerprint density at radius 2 is 1.69 bits per heavy atom. The number of pyridine rings is 1. The number of anilines is 1. The smallest absolute Gasteiger partial charge is 0.412 e. The van der Waals surface area contributed by atoms with Crippen LogP contribution in [0.3, 0.4) is 0 Å². The van der Waals surface area contributed by atoms with Gasteiger partial charge in [0.25, 0.3) is 5.91 Å². The van der Waals surface area contributed by atoms with Crippen LogP contribution in [-0.4, -0.2) is 45.1 Å². The number of carbonyl (C=O) groups is 3. The maximum Gasteiger partial charge on any atom is 0.412 e. The normalized spacial score (nSPS) is 11.7. The molecule has 0 radical (unpaired) electrons. The summed E-state index contributed by atoms with van der Waals surface area (Å²) in [5, 5.41) is 5.48. The molecule has 9 nitrogen and oxygen atoms in total. The van der Waals surface area contributed by atoms with Crippen LogP contribution in [0.15, 0.2) is 48.8 Å². The van der Waals surface area contributed by atoms with Crippen LogP contribution in [0.1, 0.15) is 58.3 Å². The van der Waals surface area contributed by atoms with Crippen LogP contribution in [0.5, 0.6) is 0 Å². The Labute approximate surface area is 204 Å². The van der Waals surface area contributed by atoms with Gasteiger partial charge in [-0.2, -0.15) is 0 Å². The van der Waals surface area contributed by atoms with Gasteiger partial charge in [-0.3, -0.25) is 14.9 Å². The number of imidazole rings is 1. The van der Waals surface area contributed by atoms with E-state index < -0.39 is 17.3 Å². The van der Waals surface area contributed by atoms with Crippen LogP contribution in [0.2, 0.25) is 0 Å². The van der Waals surface area contributed by atoms with Gasteiger partial charge in [0.05, 0.1) is 17.8 Å². The van der Waals surface area contributed by atoms with Crippen molar-refractivity contribution in [3.05, 3.63) is 54.4 Å². The zero-order valence-electron chi connectivity index (χ0n) is 21.0. The Kier molecular flexibility index (Phi) is 7.48. The van der Waals surface area contributed by atoms with E-state index in [9.17, 15) is 14.4 Å². The molecule has 0 atom stereocenters. The van der Waals surface area contributed by atoms with E-state index in [-0.39, 0.29) is 24.8 Å². The summed E-state index contributed by atoms with van der Waals surface area (Å²) in [7, 11) is 0. The van der Waals surface area contributed by atoms with Gasteiger partial charge < -0.3 is 19.2 Å². The number of hydrogen-bond donors (Lipinski definition) is 2. The third kappa shape index (κ3) is 7.56. The number of benzene rings is 1. The third-order valence-electron chi connectivity index (χ3n) is 4.57. The van der Waals surface area contributed by atoms with Crippen molar-refractivity contribution in [2.75, 3.05) is 11.9 Å². The van der Waals surface area contributed by atoms with Crippen molar-refractivity contribution < 1.29 is 23.9 Å². The predicted molar refractivity (Wildman–Crippen MR) is 133 cm³/mol. The van der Waals surface area contributed by atoms with Gasteiger partial charge in [0.1, 0.15) is 11.2 Å². The molecule has 0 fully saturated rings. The molecular formula is C26H32N4O5. The van der Waals surface area contributed by atoms with E-state index >= 15 is 0 Å². The largest absolute Gasteiger partial charge is 0.460 e. The van der Waals surface area contributed by atoms with Gasteiger partial charge in [-0.1, -0.05) is 12.1 Å². The van der Waals surface area contributed by atoms with Gasteiger partial charge in [0, 0.05) is 30.1 Å². The van der Waals surface area contributed by atoms with Crippen molar-refractivity contribution >= 4 is 29.3 Å². The predicted octanol–water partition coefficient (Wildman–Crippen LogP) is 4.81. The highest BCUT2D eigenvalue weighted by Gasteiger charge is 2.19.